The Morgan fingerprint density at radius 1 is 1.37 bits per heavy atom. The van der Waals surface area contributed by atoms with Crippen molar-refractivity contribution in [1.82, 2.24) is 5.32 Å². The van der Waals surface area contributed by atoms with Crippen LogP contribution in [0.4, 0.5) is 10.5 Å². The molecule has 1 fully saturated rings. The standard InChI is InChI=1S/C15H23N3O/c1-15(7-2-3-8-15)11-17-14(19)18-13-6-4-5-12(9-13)10-16/h4-6,9H,2-3,7-8,10-11,16H2,1H3,(H2,17,18,19). The van der Waals surface area contributed by atoms with Gasteiger partial charge in [-0.15, -0.1) is 0 Å². The van der Waals surface area contributed by atoms with Crippen molar-refractivity contribution in [3.05, 3.63) is 29.8 Å². The number of carbonyl (C=O) groups excluding carboxylic acids is 1. The second-order valence-electron chi connectivity index (χ2n) is 5.73. The summed E-state index contributed by atoms with van der Waals surface area (Å²) in [6.07, 6.45) is 4.96. The number of carbonyl (C=O) groups is 1. The lowest BCUT2D eigenvalue weighted by molar-refractivity contribution is 0.242. The van der Waals surface area contributed by atoms with Gasteiger partial charge < -0.3 is 16.4 Å². The molecule has 19 heavy (non-hydrogen) atoms. The van der Waals surface area contributed by atoms with Gasteiger partial charge in [0.1, 0.15) is 0 Å². The molecule has 0 heterocycles. The topological polar surface area (TPSA) is 67.2 Å². The van der Waals surface area contributed by atoms with Crippen molar-refractivity contribution in [3.63, 3.8) is 0 Å². The maximum atomic E-state index is 11.9. The molecule has 4 heteroatoms. The molecular formula is C15H23N3O. The highest BCUT2D eigenvalue weighted by atomic mass is 16.2. The molecule has 104 valence electrons. The number of hydrogen-bond donors (Lipinski definition) is 3. The fourth-order valence-electron chi connectivity index (χ4n) is 2.65. The molecule has 1 aromatic carbocycles. The summed E-state index contributed by atoms with van der Waals surface area (Å²) in [4.78, 5) is 11.9. The van der Waals surface area contributed by atoms with E-state index in [1.807, 2.05) is 24.3 Å². The maximum Gasteiger partial charge on any atom is 0.319 e. The van der Waals surface area contributed by atoms with Crippen LogP contribution in [0.2, 0.25) is 0 Å². The average Bonchev–Trinajstić information content (AvgIpc) is 2.84. The van der Waals surface area contributed by atoms with Crippen molar-refractivity contribution in [2.45, 2.75) is 39.2 Å². The molecule has 1 aliphatic carbocycles. The zero-order chi connectivity index (χ0) is 13.7. The summed E-state index contributed by atoms with van der Waals surface area (Å²) >= 11 is 0. The SMILES string of the molecule is CC1(CNC(=O)Nc2cccc(CN)c2)CCCC1. The normalized spacial score (nSPS) is 17.2. The molecule has 0 aliphatic heterocycles. The Bertz CT molecular complexity index is 439. The monoisotopic (exact) mass is 261 g/mol. The van der Waals surface area contributed by atoms with Gasteiger partial charge in [-0.3, -0.25) is 0 Å². The highest BCUT2D eigenvalue weighted by Gasteiger charge is 2.28. The van der Waals surface area contributed by atoms with Crippen molar-refractivity contribution in [3.8, 4) is 0 Å². The molecule has 1 aliphatic rings. The highest BCUT2D eigenvalue weighted by molar-refractivity contribution is 5.89. The van der Waals surface area contributed by atoms with E-state index < -0.39 is 0 Å². The first kappa shape index (κ1) is 13.9. The van der Waals surface area contributed by atoms with Gasteiger partial charge in [0.15, 0.2) is 0 Å². The third-order valence-corrected chi connectivity index (χ3v) is 3.91. The number of amides is 2. The number of anilines is 1. The molecule has 0 spiro atoms. The van der Waals surface area contributed by atoms with E-state index in [9.17, 15) is 4.79 Å². The van der Waals surface area contributed by atoms with E-state index in [0.717, 1.165) is 17.8 Å². The zero-order valence-electron chi connectivity index (χ0n) is 11.5. The zero-order valence-corrected chi connectivity index (χ0v) is 11.5. The van der Waals surface area contributed by atoms with Crippen LogP contribution in [0.1, 0.15) is 38.2 Å². The van der Waals surface area contributed by atoms with Crippen LogP contribution >= 0.6 is 0 Å². The second kappa shape index (κ2) is 6.06. The van der Waals surface area contributed by atoms with Crippen molar-refractivity contribution in [2.24, 2.45) is 11.1 Å². The van der Waals surface area contributed by atoms with Gasteiger partial charge in [-0.05, 0) is 36.0 Å². The number of hydrogen-bond acceptors (Lipinski definition) is 2. The molecule has 0 unspecified atom stereocenters. The van der Waals surface area contributed by atoms with Crippen molar-refractivity contribution < 1.29 is 4.79 Å². The summed E-state index contributed by atoms with van der Waals surface area (Å²) in [5, 5.41) is 5.82. The van der Waals surface area contributed by atoms with Crippen LogP contribution in [0.15, 0.2) is 24.3 Å². The van der Waals surface area contributed by atoms with E-state index in [0.29, 0.717) is 6.54 Å². The van der Waals surface area contributed by atoms with Gasteiger partial charge in [0.2, 0.25) is 0 Å². The number of rotatable bonds is 4. The van der Waals surface area contributed by atoms with Crippen molar-refractivity contribution in [1.29, 1.82) is 0 Å². The molecule has 1 aromatic rings. The van der Waals surface area contributed by atoms with Gasteiger partial charge in [0.05, 0.1) is 0 Å². The maximum absolute atomic E-state index is 11.9. The minimum absolute atomic E-state index is 0.137. The van der Waals surface area contributed by atoms with Crippen molar-refractivity contribution in [2.75, 3.05) is 11.9 Å². The Balaban J connectivity index is 1.83. The summed E-state index contributed by atoms with van der Waals surface area (Å²) in [6, 6.07) is 7.48. The Labute approximate surface area is 114 Å². The Kier molecular flexibility index (Phi) is 4.43. The summed E-state index contributed by atoms with van der Waals surface area (Å²) in [5.74, 6) is 0. The third kappa shape index (κ3) is 3.96. The predicted octanol–water partition coefficient (Wildman–Crippen LogP) is 2.85. The van der Waals surface area contributed by atoms with Crippen LogP contribution in [0.3, 0.4) is 0 Å². The predicted molar refractivity (Wildman–Crippen MR) is 77.9 cm³/mol. The van der Waals surface area contributed by atoms with E-state index >= 15 is 0 Å². The minimum Gasteiger partial charge on any atom is -0.337 e. The van der Waals surface area contributed by atoms with E-state index in [-0.39, 0.29) is 11.4 Å². The number of urea groups is 1. The first-order chi connectivity index (χ1) is 9.11. The van der Waals surface area contributed by atoms with E-state index in [4.69, 9.17) is 5.73 Å². The van der Waals surface area contributed by atoms with Crippen LogP contribution in [-0.2, 0) is 6.54 Å². The summed E-state index contributed by atoms with van der Waals surface area (Å²) < 4.78 is 0. The molecule has 0 atom stereocenters. The first-order valence-corrected chi connectivity index (χ1v) is 6.95. The average molecular weight is 261 g/mol. The Hall–Kier alpha value is -1.55. The molecule has 4 N–H and O–H groups in total. The molecular weight excluding hydrogens is 238 g/mol. The molecule has 0 radical (unpaired) electrons. The van der Waals surface area contributed by atoms with Gasteiger partial charge in [-0.25, -0.2) is 4.79 Å². The molecule has 4 nitrogen and oxygen atoms in total. The van der Waals surface area contributed by atoms with Crippen molar-refractivity contribution >= 4 is 11.7 Å². The lowest BCUT2D eigenvalue weighted by Gasteiger charge is -2.23. The van der Waals surface area contributed by atoms with Gasteiger partial charge in [-0.1, -0.05) is 31.9 Å². The molecule has 0 bridgehead atoms. The van der Waals surface area contributed by atoms with Crippen LogP contribution in [0.5, 0.6) is 0 Å². The molecule has 1 saturated carbocycles. The van der Waals surface area contributed by atoms with Gasteiger partial charge >= 0.3 is 6.03 Å². The highest BCUT2D eigenvalue weighted by Crippen LogP contribution is 2.36. The summed E-state index contributed by atoms with van der Waals surface area (Å²) in [7, 11) is 0. The van der Waals surface area contributed by atoms with Gasteiger partial charge in [0, 0.05) is 18.8 Å². The molecule has 2 rings (SSSR count). The summed E-state index contributed by atoms with van der Waals surface area (Å²) in [5.41, 5.74) is 7.66. The van der Waals surface area contributed by atoms with E-state index in [2.05, 4.69) is 17.6 Å². The largest absolute Gasteiger partial charge is 0.337 e. The van der Waals surface area contributed by atoms with E-state index in [1.54, 1.807) is 0 Å². The lowest BCUT2D eigenvalue weighted by Crippen LogP contribution is -2.36. The molecule has 2 amide bonds. The minimum atomic E-state index is -0.137. The van der Waals surface area contributed by atoms with E-state index in [1.165, 1.54) is 25.7 Å². The number of nitrogens with two attached hydrogens (primary N) is 1. The second-order valence-corrected chi connectivity index (χ2v) is 5.73. The molecule has 0 saturated heterocycles. The van der Waals surface area contributed by atoms with Gasteiger partial charge in [0.25, 0.3) is 0 Å². The summed E-state index contributed by atoms with van der Waals surface area (Å²) in [6.45, 7) is 3.47. The van der Waals surface area contributed by atoms with Gasteiger partial charge in [-0.2, -0.15) is 0 Å². The smallest absolute Gasteiger partial charge is 0.319 e. The quantitative estimate of drug-likeness (QED) is 0.780. The van der Waals surface area contributed by atoms with Crippen LogP contribution in [-0.4, -0.2) is 12.6 Å². The number of benzene rings is 1. The first-order valence-electron chi connectivity index (χ1n) is 6.95. The fraction of sp³-hybridized carbons (Fsp3) is 0.533. The Morgan fingerprint density at radius 2 is 2.11 bits per heavy atom. The lowest BCUT2D eigenvalue weighted by atomic mass is 9.89. The Morgan fingerprint density at radius 3 is 2.79 bits per heavy atom. The van der Waals surface area contributed by atoms with Crippen LogP contribution < -0.4 is 16.4 Å². The third-order valence-electron chi connectivity index (χ3n) is 3.91. The van der Waals surface area contributed by atoms with Crippen LogP contribution in [0, 0.1) is 5.41 Å². The van der Waals surface area contributed by atoms with Crippen LogP contribution in [0.25, 0.3) is 0 Å². The number of nitrogens with one attached hydrogen (secondary N) is 2. The molecule has 0 aromatic heterocycles. The fourth-order valence-corrected chi connectivity index (χ4v) is 2.65.